The Labute approximate surface area is 152 Å². The van der Waals surface area contributed by atoms with Gasteiger partial charge in [0.05, 0.1) is 34.6 Å². The second-order valence-electron chi connectivity index (χ2n) is 5.44. The molecule has 130 valence electrons. The molecule has 4 nitrogen and oxygen atoms in total. The second-order valence-corrected chi connectivity index (χ2v) is 6.25. The van der Waals surface area contributed by atoms with E-state index in [9.17, 15) is 0 Å². The molecule has 0 aliphatic carbocycles. The van der Waals surface area contributed by atoms with Crippen molar-refractivity contribution in [2.45, 2.75) is 26.7 Å². The molecule has 0 saturated carbocycles. The fourth-order valence-electron chi connectivity index (χ4n) is 2.22. The summed E-state index contributed by atoms with van der Waals surface area (Å²) in [7, 11) is 0. The largest absolute Gasteiger partial charge is 0.491 e. The summed E-state index contributed by atoms with van der Waals surface area (Å²) in [5.74, 6) is 1.17. The van der Waals surface area contributed by atoms with Crippen LogP contribution in [0.3, 0.4) is 0 Å². The molecule has 0 spiro atoms. The van der Waals surface area contributed by atoms with Gasteiger partial charge in [-0.1, -0.05) is 37.0 Å². The molecular formula is C18H22Cl2N2O2. The van der Waals surface area contributed by atoms with E-state index >= 15 is 0 Å². The summed E-state index contributed by atoms with van der Waals surface area (Å²) in [5, 5.41) is 0.980. The van der Waals surface area contributed by atoms with Gasteiger partial charge >= 0.3 is 0 Å². The highest BCUT2D eigenvalue weighted by atomic mass is 35.5. The van der Waals surface area contributed by atoms with Gasteiger partial charge in [-0.3, -0.25) is 0 Å². The van der Waals surface area contributed by atoms with E-state index < -0.39 is 0 Å². The quantitative estimate of drug-likeness (QED) is 0.641. The van der Waals surface area contributed by atoms with E-state index in [1.807, 2.05) is 13.8 Å². The van der Waals surface area contributed by atoms with Gasteiger partial charge in [0.1, 0.15) is 11.5 Å². The number of hydrogen-bond donors (Lipinski definition) is 2. The highest BCUT2D eigenvalue weighted by Crippen LogP contribution is 2.42. The number of halogens is 2. The maximum absolute atomic E-state index is 6.37. The molecule has 6 heteroatoms. The van der Waals surface area contributed by atoms with Crippen LogP contribution in [0, 0.1) is 0 Å². The third kappa shape index (κ3) is 4.19. The predicted molar refractivity (Wildman–Crippen MR) is 102 cm³/mol. The molecule has 0 heterocycles. The molecule has 24 heavy (non-hydrogen) atoms. The van der Waals surface area contributed by atoms with E-state index in [4.69, 9.17) is 44.1 Å². The molecule has 0 amide bonds. The SMILES string of the molecule is CCCOc1cc(-c2cc(OCCC)c(N)cc2Cl)c(Cl)cc1N. The summed E-state index contributed by atoms with van der Waals surface area (Å²) in [4.78, 5) is 0. The Balaban J connectivity index is 2.50. The van der Waals surface area contributed by atoms with Gasteiger partial charge in [-0.05, 0) is 37.1 Å². The number of ether oxygens (including phenoxy) is 2. The summed E-state index contributed by atoms with van der Waals surface area (Å²) in [6, 6.07) is 6.94. The first kappa shape index (κ1) is 18.6. The van der Waals surface area contributed by atoms with Crippen molar-refractivity contribution in [2.24, 2.45) is 0 Å². The minimum Gasteiger partial charge on any atom is -0.491 e. The molecule has 4 N–H and O–H groups in total. The first-order chi connectivity index (χ1) is 11.5. The zero-order chi connectivity index (χ0) is 17.7. The Morgan fingerprint density at radius 1 is 0.750 bits per heavy atom. The van der Waals surface area contributed by atoms with Gasteiger partial charge in [0.15, 0.2) is 0 Å². The van der Waals surface area contributed by atoms with Crippen molar-refractivity contribution in [3.63, 3.8) is 0 Å². The zero-order valence-electron chi connectivity index (χ0n) is 13.9. The molecule has 0 fully saturated rings. The fraction of sp³-hybridized carbons (Fsp3) is 0.333. The number of anilines is 2. The van der Waals surface area contributed by atoms with Crippen LogP contribution in [0.25, 0.3) is 11.1 Å². The summed E-state index contributed by atoms with van der Waals surface area (Å²) in [5.41, 5.74) is 14.4. The topological polar surface area (TPSA) is 70.5 Å². The third-order valence-corrected chi connectivity index (χ3v) is 4.04. The first-order valence-electron chi connectivity index (χ1n) is 7.91. The molecule has 2 aromatic carbocycles. The molecule has 0 aliphatic heterocycles. The highest BCUT2D eigenvalue weighted by Gasteiger charge is 2.15. The van der Waals surface area contributed by atoms with Crippen LogP contribution >= 0.6 is 23.2 Å². The zero-order valence-corrected chi connectivity index (χ0v) is 15.4. The van der Waals surface area contributed by atoms with Crippen molar-refractivity contribution < 1.29 is 9.47 Å². The van der Waals surface area contributed by atoms with E-state index in [0.29, 0.717) is 46.1 Å². The maximum atomic E-state index is 6.37. The van der Waals surface area contributed by atoms with Crippen molar-refractivity contribution in [3.8, 4) is 22.6 Å². The van der Waals surface area contributed by atoms with Crippen LogP contribution in [0.5, 0.6) is 11.5 Å². The molecule has 0 aliphatic rings. The van der Waals surface area contributed by atoms with E-state index in [2.05, 4.69) is 0 Å². The number of rotatable bonds is 7. The highest BCUT2D eigenvalue weighted by molar-refractivity contribution is 6.37. The maximum Gasteiger partial charge on any atom is 0.142 e. The van der Waals surface area contributed by atoms with E-state index in [1.165, 1.54) is 0 Å². The van der Waals surface area contributed by atoms with Crippen LogP contribution in [0.1, 0.15) is 26.7 Å². The number of benzene rings is 2. The second kappa shape index (κ2) is 8.36. The van der Waals surface area contributed by atoms with Gasteiger partial charge in [0.2, 0.25) is 0 Å². The lowest BCUT2D eigenvalue weighted by atomic mass is 10.0. The predicted octanol–water partition coefficient (Wildman–Crippen LogP) is 5.40. The number of hydrogen-bond acceptors (Lipinski definition) is 4. The molecule has 0 unspecified atom stereocenters. The van der Waals surface area contributed by atoms with Gasteiger partial charge in [0, 0.05) is 11.1 Å². The van der Waals surface area contributed by atoms with Crippen LogP contribution in [-0.4, -0.2) is 13.2 Å². The van der Waals surface area contributed by atoms with Gasteiger partial charge in [-0.2, -0.15) is 0 Å². The van der Waals surface area contributed by atoms with E-state index in [1.54, 1.807) is 24.3 Å². The van der Waals surface area contributed by atoms with Gasteiger partial charge in [-0.25, -0.2) is 0 Å². The van der Waals surface area contributed by atoms with E-state index in [0.717, 1.165) is 24.0 Å². The van der Waals surface area contributed by atoms with Crippen LogP contribution in [0.2, 0.25) is 10.0 Å². The lowest BCUT2D eigenvalue weighted by Crippen LogP contribution is -2.01. The Morgan fingerprint density at radius 2 is 1.12 bits per heavy atom. The van der Waals surface area contributed by atoms with Crippen LogP contribution in [0.15, 0.2) is 24.3 Å². The van der Waals surface area contributed by atoms with Gasteiger partial charge in [0.25, 0.3) is 0 Å². The third-order valence-electron chi connectivity index (χ3n) is 3.41. The number of nitrogens with two attached hydrogens (primary N) is 2. The molecule has 2 rings (SSSR count). The standard InChI is InChI=1S/C18H22Cl2N2O2/c1-3-5-23-17-7-11(13(19)9-15(17)21)12-8-18(24-6-4-2)16(22)10-14(12)20/h7-10H,3-6,21-22H2,1-2H3. The lowest BCUT2D eigenvalue weighted by molar-refractivity contribution is 0.318. The van der Waals surface area contributed by atoms with Crippen LogP contribution in [0.4, 0.5) is 11.4 Å². The number of nitrogen functional groups attached to an aromatic ring is 2. The monoisotopic (exact) mass is 368 g/mol. The Kier molecular flexibility index (Phi) is 6.46. The molecule has 0 saturated heterocycles. The van der Waals surface area contributed by atoms with Crippen LogP contribution < -0.4 is 20.9 Å². The summed E-state index contributed by atoms with van der Waals surface area (Å²) < 4.78 is 11.4. The van der Waals surface area contributed by atoms with Crippen LogP contribution in [-0.2, 0) is 0 Å². The van der Waals surface area contributed by atoms with Crippen molar-refractivity contribution in [1.82, 2.24) is 0 Å². The Bertz CT molecular complexity index is 659. The Morgan fingerprint density at radius 3 is 1.46 bits per heavy atom. The van der Waals surface area contributed by atoms with Crippen molar-refractivity contribution in [1.29, 1.82) is 0 Å². The normalized spacial score (nSPS) is 10.7. The van der Waals surface area contributed by atoms with Gasteiger partial charge in [-0.15, -0.1) is 0 Å². The van der Waals surface area contributed by atoms with Crippen molar-refractivity contribution in [2.75, 3.05) is 24.7 Å². The molecule has 0 atom stereocenters. The Hall–Kier alpha value is -1.78. The smallest absolute Gasteiger partial charge is 0.142 e. The van der Waals surface area contributed by atoms with E-state index in [-0.39, 0.29) is 0 Å². The first-order valence-corrected chi connectivity index (χ1v) is 8.67. The minimum atomic E-state index is 0.490. The average Bonchev–Trinajstić information content (AvgIpc) is 2.54. The molecule has 0 radical (unpaired) electrons. The fourth-order valence-corrected chi connectivity index (χ4v) is 2.77. The molecule has 2 aromatic rings. The molecule has 0 aromatic heterocycles. The minimum absolute atomic E-state index is 0.490. The summed E-state index contributed by atoms with van der Waals surface area (Å²) in [6.07, 6.45) is 1.77. The average molecular weight is 369 g/mol. The lowest BCUT2D eigenvalue weighted by Gasteiger charge is -2.15. The molecular weight excluding hydrogens is 347 g/mol. The van der Waals surface area contributed by atoms with Crippen molar-refractivity contribution in [3.05, 3.63) is 34.3 Å². The molecule has 0 bridgehead atoms. The summed E-state index contributed by atoms with van der Waals surface area (Å²) >= 11 is 12.7. The van der Waals surface area contributed by atoms with Crippen molar-refractivity contribution >= 4 is 34.6 Å². The van der Waals surface area contributed by atoms with Gasteiger partial charge < -0.3 is 20.9 Å². The summed E-state index contributed by atoms with van der Waals surface area (Å²) in [6.45, 7) is 5.21.